The molecule has 146 valence electrons. The molecule has 0 saturated heterocycles. The number of nitrogens with one attached hydrogen (secondary N) is 1. The molecule has 0 spiro atoms. The van der Waals surface area contributed by atoms with Crippen molar-refractivity contribution in [3.05, 3.63) is 71.0 Å². The molecule has 0 aliphatic carbocycles. The van der Waals surface area contributed by atoms with Gasteiger partial charge in [-0.05, 0) is 41.5 Å². The molecular formula is C20H17F3N2O2S. The second-order valence-electron chi connectivity index (χ2n) is 6.73. The summed E-state index contributed by atoms with van der Waals surface area (Å²) in [4.78, 5) is 0. The summed E-state index contributed by atoms with van der Waals surface area (Å²) in [6.07, 6.45) is 0.993. The fraction of sp³-hybridized carbons (Fsp3) is 0.200. The van der Waals surface area contributed by atoms with Crippen LogP contribution >= 0.6 is 0 Å². The highest BCUT2D eigenvalue weighted by Gasteiger charge is 2.32. The van der Waals surface area contributed by atoms with Crippen LogP contribution in [0, 0.1) is 17.5 Å². The van der Waals surface area contributed by atoms with E-state index in [-0.39, 0.29) is 5.56 Å². The van der Waals surface area contributed by atoms with Crippen molar-refractivity contribution < 1.29 is 22.1 Å². The van der Waals surface area contributed by atoms with E-state index in [1.807, 2.05) is 18.2 Å². The topological polar surface area (TPSA) is 64.3 Å². The zero-order valence-corrected chi connectivity index (χ0v) is 15.7. The highest BCUT2D eigenvalue weighted by Crippen LogP contribution is 2.39. The maximum absolute atomic E-state index is 14.2. The number of hydrogen-bond acceptors (Lipinski definition) is 3. The largest absolute Gasteiger partial charge is 0.484 e. The third kappa shape index (κ3) is 3.33. The summed E-state index contributed by atoms with van der Waals surface area (Å²) in [6.45, 7) is 0. The first-order valence-electron chi connectivity index (χ1n) is 8.56. The van der Waals surface area contributed by atoms with Crippen molar-refractivity contribution in [2.24, 2.45) is 5.73 Å². The predicted octanol–water partition coefficient (Wildman–Crippen LogP) is 3.97. The molecule has 3 aromatic rings. The first-order valence-corrected chi connectivity index (χ1v) is 10.1. The van der Waals surface area contributed by atoms with Gasteiger partial charge >= 0.3 is 0 Å². The van der Waals surface area contributed by atoms with E-state index in [1.54, 1.807) is 18.4 Å². The van der Waals surface area contributed by atoms with Crippen molar-refractivity contribution in [2.75, 3.05) is 11.0 Å². The Hall–Kier alpha value is -2.58. The lowest BCUT2D eigenvalue weighted by Gasteiger charge is -2.32. The fourth-order valence-corrected chi connectivity index (χ4v) is 4.00. The van der Waals surface area contributed by atoms with Gasteiger partial charge in [-0.3, -0.25) is 0 Å². The Kier molecular flexibility index (Phi) is 4.76. The minimum absolute atomic E-state index is 0.109. The summed E-state index contributed by atoms with van der Waals surface area (Å²) in [7, 11) is -1.19. The minimum Gasteiger partial charge on any atom is -0.484 e. The van der Waals surface area contributed by atoms with Crippen LogP contribution in [0.25, 0.3) is 10.8 Å². The van der Waals surface area contributed by atoms with E-state index in [4.69, 9.17) is 10.5 Å². The van der Waals surface area contributed by atoms with Gasteiger partial charge < -0.3 is 15.2 Å². The Morgan fingerprint density at radius 3 is 2.57 bits per heavy atom. The number of hydrogen-bond donors (Lipinski definition) is 2. The third-order valence-corrected chi connectivity index (χ3v) is 5.30. The normalized spacial score (nSPS) is 19.8. The molecule has 0 amide bonds. The summed E-state index contributed by atoms with van der Waals surface area (Å²) < 4.78 is 61.1. The molecule has 3 N–H and O–H groups in total. The Morgan fingerprint density at radius 1 is 1.07 bits per heavy atom. The highest BCUT2D eigenvalue weighted by atomic mass is 32.2. The molecular weight excluding hydrogens is 389 g/mol. The van der Waals surface area contributed by atoms with Crippen LogP contribution in [-0.2, 0) is 17.4 Å². The second kappa shape index (κ2) is 7.10. The first kappa shape index (κ1) is 18.8. The minimum atomic E-state index is -1.26. The van der Waals surface area contributed by atoms with Gasteiger partial charge in [0.05, 0.1) is 6.04 Å². The Morgan fingerprint density at radius 2 is 1.82 bits per heavy atom. The summed E-state index contributed by atoms with van der Waals surface area (Å²) in [5, 5.41) is 1.81. The number of nitrogens with two attached hydrogens (primary N) is 1. The predicted molar refractivity (Wildman–Crippen MR) is 103 cm³/mol. The van der Waals surface area contributed by atoms with Gasteiger partial charge in [-0.1, -0.05) is 12.1 Å². The number of ether oxygens (including phenoxy) is 1. The lowest BCUT2D eigenvalue weighted by molar-refractivity contribution is 0.149. The quantitative estimate of drug-likeness (QED) is 0.647. The second-order valence-corrected chi connectivity index (χ2v) is 7.84. The molecule has 8 heteroatoms. The standard InChI is InChI=1S/C20H17F3N2O2S/c1-28(26)25-11-3-4-12-10(6-11)2-5-19-13(12)8-18(24)20(27-19)14-7-16(22)17(23)9-15(14)21/h2-7,9,18,20,25H,8,24H2,1H3/t18-,20+,28?/m0/s1. The molecule has 0 bridgehead atoms. The number of fused-ring (bicyclic) bond motifs is 3. The van der Waals surface area contributed by atoms with Crippen LogP contribution in [0.2, 0.25) is 0 Å². The average molecular weight is 406 g/mol. The van der Waals surface area contributed by atoms with Crippen LogP contribution in [0.5, 0.6) is 5.75 Å². The van der Waals surface area contributed by atoms with Gasteiger partial charge in [0.2, 0.25) is 0 Å². The molecule has 1 unspecified atom stereocenters. The smallest absolute Gasteiger partial charge is 0.161 e. The number of benzene rings is 3. The van der Waals surface area contributed by atoms with Gasteiger partial charge in [-0.2, -0.15) is 0 Å². The molecule has 0 aromatic heterocycles. The van der Waals surface area contributed by atoms with Crippen LogP contribution in [0.4, 0.5) is 18.9 Å². The van der Waals surface area contributed by atoms with Gasteiger partial charge in [-0.25, -0.2) is 17.4 Å². The van der Waals surface area contributed by atoms with E-state index in [9.17, 15) is 17.4 Å². The lowest BCUT2D eigenvalue weighted by atomic mass is 9.90. The molecule has 28 heavy (non-hydrogen) atoms. The zero-order chi connectivity index (χ0) is 20.0. The molecule has 0 saturated carbocycles. The monoisotopic (exact) mass is 406 g/mol. The molecule has 3 aromatic carbocycles. The van der Waals surface area contributed by atoms with E-state index in [0.717, 1.165) is 28.1 Å². The molecule has 0 radical (unpaired) electrons. The van der Waals surface area contributed by atoms with E-state index in [1.165, 1.54) is 0 Å². The van der Waals surface area contributed by atoms with Gasteiger partial charge in [0.15, 0.2) is 11.6 Å². The van der Waals surface area contributed by atoms with Gasteiger partial charge in [0.1, 0.15) is 28.7 Å². The summed E-state index contributed by atoms with van der Waals surface area (Å²) in [6, 6.07) is 9.76. The summed E-state index contributed by atoms with van der Waals surface area (Å²) >= 11 is 0. The van der Waals surface area contributed by atoms with E-state index >= 15 is 0 Å². The maximum atomic E-state index is 14.2. The Labute approximate surface area is 162 Å². The van der Waals surface area contributed by atoms with Crippen LogP contribution in [0.15, 0.2) is 42.5 Å². The molecule has 4 nitrogen and oxygen atoms in total. The van der Waals surface area contributed by atoms with E-state index in [0.29, 0.717) is 18.2 Å². The summed E-state index contributed by atoms with van der Waals surface area (Å²) in [5.41, 5.74) is 7.67. The van der Waals surface area contributed by atoms with Crippen molar-refractivity contribution in [3.8, 4) is 5.75 Å². The van der Waals surface area contributed by atoms with Gasteiger partial charge in [0.25, 0.3) is 0 Å². The van der Waals surface area contributed by atoms with Crippen molar-refractivity contribution in [1.29, 1.82) is 0 Å². The van der Waals surface area contributed by atoms with Crippen molar-refractivity contribution in [2.45, 2.75) is 18.6 Å². The van der Waals surface area contributed by atoms with Gasteiger partial charge in [0, 0.05) is 29.1 Å². The number of anilines is 1. The molecule has 4 rings (SSSR count). The van der Waals surface area contributed by atoms with Crippen LogP contribution in [-0.4, -0.2) is 16.5 Å². The average Bonchev–Trinajstić information content (AvgIpc) is 2.63. The van der Waals surface area contributed by atoms with Crippen LogP contribution < -0.4 is 15.2 Å². The maximum Gasteiger partial charge on any atom is 0.161 e. The van der Waals surface area contributed by atoms with Crippen molar-refractivity contribution in [3.63, 3.8) is 0 Å². The number of rotatable bonds is 3. The summed E-state index contributed by atoms with van der Waals surface area (Å²) in [5.74, 6) is -2.78. The van der Waals surface area contributed by atoms with Crippen LogP contribution in [0.1, 0.15) is 17.2 Å². The van der Waals surface area contributed by atoms with E-state index < -0.39 is 40.6 Å². The Balaban J connectivity index is 1.73. The van der Waals surface area contributed by atoms with Crippen molar-refractivity contribution >= 4 is 27.4 Å². The lowest BCUT2D eigenvalue weighted by Crippen LogP contribution is -2.38. The SMILES string of the molecule is CS(=O)Nc1ccc2c3c(ccc2c1)O[C@H](c1cc(F)c(F)cc1F)[C@@H](N)C3. The molecule has 0 fully saturated rings. The van der Waals surface area contributed by atoms with E-state index in [2.05, 4.69) is 4.72 Å². The number of halogens is 3. The highest BCUT2D eigenvalue weighted by molar-refractivity contribution is 7.85. The molecule has 1 aliphatic heterocycles. The zero-order valence-electron chi connectivity index (χ0n) is 14.8. The molecule has 1 heterocycles. The van der Waals surface area contributed by atoms with Gasteiger partial charge in [-0.15, -0.1) is 0 Å². The van der Waals surface area contributed by atoms with Crippen LogP contribution in [0.3, 0.4) is 0 Å². The Bertz CT molecular complexity index is 1110. The molecule has 1 aliphatic rings. The third-order valence-electron chi connectivity index (χ3n) is 4.78. The van der Waals surface area contributed by atoms with Crippen molar-refractivity contribution in [1.82, 2.24) is 0 Å². The fourth-order valence-electron chi connectivity index (χ4n) is 3.54. The first-order chi connectivity index (χ1) is 13.3. The molecule has 3 atom stereocenters.